The first-order chi connectivity index (χ1) is 6.19. The molecule has 3 aliphatic carbocycles. The summed E-state index contributed by atoms with van der Waals surface area (Å²) in [7, 11) is 0. The molecular formula is C13H22. The van der Waals surface area contributed by atoms with E-state index in [1.807, 2.05) is 0 Å². The van der Waals surface area contributed by atoms with Gasteiger partial charge in [-0.1, -0.05) is 33.1 Å². The lowest BCUT2D eigenvalue weighted by Crippen LogP contribution is -2.27. The lowest BCUT2D eigenvalue weighted by Gasteiger charge is -2.37. The first-order valence-electron chi connectivity index (χ1n) is 6.19. The van der Waals surface area contributed by atoms with Crippen LogP contribution in [0.3, 0.4) is 0 Å². The number of rotatable bonds is 0. The van der Waals surface area contributed by atoms with Gasteiger partial charge in [0.25, 0.3) is 0 Å². The number of hydrogen-bond acceptors (Lipinski definition) is 0. The predicted molar refractivity (Wildman–Crippen MR) is 55.5 cm³/mol. The largest absolute Gasteiger partial charge is 0.0591 e. The van der Waals surface area contributed by atoms with Crippen molar-refractivity contribution in [2.24, 2.45) is 22.7 Å². The van der Waals surface area contributed by atoms with Crippen molar-refractivity contribution >= 4 is 0 Å². The molecule has 0 radical (unpaired) electrons. The summed E-state index contributed by atoms with van der Waals surface area (Å²) in [5.74, 6) is 2.23. The maximum absolute atomic E-state index is 2.54. The molecule has 0 amide bonds. The van der Waals surface area contributed by atoms with Crippen LogP contribution in [0.2, 0.25) is 0 Å². The Hall–Kier alpha value is 0. The molecule has 0 bridgehead atoms. The Bertz CT molecular complexity index is 226. The zero-order valence-electron chi connectivity index (χ0n) is 9.10. The van der Waals surface area contributed by atoms with Crippen molar-refractivity contribution in [2.75, 3.05) is 0 Å². The molecule has 0 aromatic heterocycles. The average Bonchev–Trinajstić information content (AvgIpc) is 2.63. The molecule has 0 saturated heterocycles. The molecule has 0 nitrogen and oxygen atoms in total. The lowest BCUT2D eigenvalue weighted by molar-refractivity contribution is 0.127. The van der Waals surface area contributed by atoms with Crippen LogP contribution in [-0.4, -0.2) is 0 Å². The van der Waals surface area contributed by atoms with Gasteiger partial charge in [0, 0.05) is 0 Å². The third-order valence-electron chi connectivity index (χ3n) is 5.78. The second kappa shape index (κ2) is 2.32. The van der Waals surface area contributed by atoms with Crippen molar-refractivity contribution in [3.8, 4) is 0 Å². The Morgan fingerprint density at radius 1 is 0.923 bits per heavy atom. The Balaban J connectivity index is 1.94. The van der Waals surface area contributed by atoms with Crippen LogP contribution in [0.4, 0.5) is 0 Å². The molecule has 0 aromatic carbocycles. The number of hydrogen-bond donors (Lipinski definition) is 0. The third kappa shape index (κ3) is 0.789. The molecular weight excluding hydrogens is 156 g/mol. The fourth-order valence-electron chi connectivity index (χ4n) is 5.17. The minimum Gasteiger partial charge on any atom is -0.0591 e. The van der Waals surface area contributed by atoms with E-state index in [9.17, 15) is 0 Å². The van der Waals surface area contributed by atoms with Crippen molar-refractivity contribution in [1.82, 2.24) is 0 Å². The molecule has 3 fully saturated rings. The summed E-state index contributed by atoms with van der Waals surface area (Å²) in [6.07, 6.45) is 10.8. The van der Waals surface area contributed by atoms with Gasteiger partial charge in [-0.2, -0.15) is 0 Å². The van der Waals surface area contributed by atoms with Gasteiger partial charge in [-0.15, -0.1) is 0 Å². The van der Waals surface area contributed by atoms with E-state index < -0.39 is 0 Å². The Kier molecular flexibility index (Phi) is 1.49. The maximum atomic E-state index is 2.54. The highest BCUT2D eigenvalue weighted by Gasteiger charge is 2.73. The topological polar surface area (TPSA) is 0 Å². The van der Waals surface area contributed by atoms with Crippen LogP contribution in [0, 0.1) is 22.7 Å². The molecule has 0 heteroatoms. The van der Waals surface area contributed by atoms with Gasteiger partial charge < -0.3 is 0 Å². The summed E-state index contributed by atoms with van der Waals surface area (Å²) in [6.45, 7) is 5.09. The van der Waals surface area contributed by atoms with Gasteiger partial charge in [-0.25, -0.2) is 0 Å². The summed E-state index contributed by atoms with van der Waals surface area (Å²) >= 11 is 0. The van der Waals surface area contributed by atoms with E-state index >= 15 is 0 Å². The molecule has 3 unspecified atom stereocenters. The van der Waals surface area contributed by atoms with Crippen LogP contribution in [-0.2, 0) is 0 Å². The van der Waals surface area contributed by atoms with Gasteiger partial charge in [0.1, 0.15) is 0 Å². The first-order valence-corrected chi connectivity index (χ1v) is 6.19. The Morgan fingerprint density at radius 3 is 2.46 bits per heavy atom. The monoisotopic (exact) mass is 178 g/mol. The second-order valence-corrected chi connectivity index (χ2v) is 6.19. The fourth-order valence-corrected chi connectivity index (χ4v) is 5.17. The van der Waals surface area contributed by atoms with Crippen molar-refractivity contribution in [2.45, 2.75) is 58.8 Å². The van der Waals surface area contributed by atoms with Crippen molar-refractivity contribution in [3.05, 3.63) is 0 Å². The second-order valence-electron chi connectivity index (χ2n) is 6.19. The Labute approximate surface area is 82.1 Å². The molecule has 0 N–H and O–H groups in total. The molecule has 3 atom stereocenters. The van der Waals surface area contributed by atoms with Crippen LogP contribution >= 0.6 is 0 Å². The first kappa shape index (κ1) is 8.32. The quantitative estimate of drug-likeness (QED) is 0.526. The molecule has 1 spiro atoms. The lowest BCUT2D eigenvalue weighted by atomic mass is 9.67. The highest BCUT2D eigenvalue weighted by molar-refractivity contribution is 5.21. The fraction of sp³-hybridized carbons (Fsp3) is 1.00. The van der Waals surface area contributed by atoms with Crippen LogP contribution in [0.1, 0.15) is 58.8 Å². The van der Waals surface area contributed by atoms with E-state index in [4.69, 9.17) is 0 Å². The van der Waals surface area contributed by atoms with Crippen LogP contribution in [0.15, 0.2) is 0 Å². The third-order valence-corrected chi connectivity index (χ3v) is 5.78. The highest BCUT2D eigenvalue weighted by Crippen LogP contribution is 2.80. The SMILES string of the molecule is CC1(C)C2CCCC3CCCCC321. The van der Waals surface area contributed by atoms with Crippen LogP contribution in [0.5, 0.6) is 0 Å². The highest BCUT2D eigenvalue weighted by atomic mass is 14.8. The molecule has 0 heterocycles. The van der Waals surface area contributed by atoms with E-state index in [0.717, 1.165) is 17.3 Å². The molecule has 74 valence electrons. The summed E-state index contributed by atoms with van der Waals surface area (Å²) < 4.78 is 0. The molecule has 3 aliphatic rings. The van der Waals surface area contributed by atoms with Gasteiger partial charge >= 0.3 is 0 Å². The molecule has 3 rings (SSSR count). The summed E-state index contributed by atoms with van der Waals surface area (Å²) in [6, 6.07) is 0. The Morgan fingerprint density at radius 2 is 1.69 bits per heavy atom. The normalized spacial score (nSPS) is 52.2. The van der Waals surface area contributed by atoms with Crippen molar-refractivity contribution < 1.29 is 0 Å². The van der Waals surface area contributed by atoms with E-state index in [0.29, 0.717) is 5.41 Å². The summed E-state index contributed by atoms with van der Waals surface area (Å²) in [4.78, 5) is 0. The molecule has 13 heavy (non-hydrogen) atoms. The van der Waals surface area contributed by atoms with E-state index in [1.165, 1.54) is 19.3 Å². The van der Waals surface area contributed by atoms with E-state index in [-0.39, 0.29) is 0 Å². The zero-order valence-corrected chi connectivity index (χ0v) is 9.10. The zero-order chi connectivity index (χ0) is 9.10. The smallest absolute Gasteiger partial charge is 0.0182 e. The van der Waals surface area contributed by atoms with Crippen LogP contribution < -0.4 is 0 Å². The van der Waals surface area contributed by atoms with Crippen molar-refractivity contribution in [3.63, 3.8) is 0 Å². The van der Waals surface area contributed by atoms with Crippen LogP contribution in [0.25, 0.3) is 0 Å². The minimum atomic E-state index is 0.717. The van der Waals surface area contributed by atoms with Gasteiger partial charge in [-0.05, 0) is 48.3 Å². The molecule has 0 aliphatic heterocycles. The standard InChI is InChI=1S/C13H22/c1-12(2)11-8-5-7-10-6-3-4-9-13(10,11)12/h10-11H,3-9H2,1-2H3. The minimum absolute atomic E-state index is 0.717. The maximum Gasteiger partial charge on any atom is -0.0182 e. The molecule has 0 aromatic rings. The predicted octanol–water partition coefficient (Wildman–Crippen LogP) is 4.00. The van der Waals surface area contributed by atoms with Crippen molar-refractivity contribution in [1.29, 1.82) is 0 Å². The van der Waals surface area contributed by atoms with E-state index in [2.05, 4.69) is 13.8 Å². The van der Waals surface area contributed by atoms with Gasteiger partial charge in [0.15, 0.2) is 0 Å². The molecule has 3 saturated carbocycles. The van der Waals surface area contributed by atoms with Gasteiger partial charge in [0.05, 0.1) is 0 Å². The average molecular weight is 178 g/mol. The summed E-state index contributed by atoms with van der Waals surface area (Å²) in [5, 5.41) is 0. The van der Waals surface area contributed by atoms with E-state index in [1.54, 1.807) is 25.7 Å². The van der Waals surface area contributed by atoms with Gasteiger partial charge in [0.2, 0.25) is 0 Å². The van der Waals surface area contributed by atoms with Gasteiger partial charge in [-0.3, -0.25) is 0 Å². The summed E-state index contributed by atoms with van der Waals surface area (Å²) in [5.41, 5.74) is 1.55.